The van der Waals surface area contributed by atoms with E-state index in [4.69, 9.17) is 5.73 Å². The van der Waals surface area contributed by atoms with Crippen LogP contribution in [0.2, 0.25) is 0 Å². The van der Waals surface area contributed by atoms with E-state index < -0.39 is 0 Å². The first-order chi connectivity index (χ1) is 8.97. The molecule has 0 aromatic heterocycles. The molecule has 2 atom stereocenters. The van der Waals surface area contributed by atoms with E-state index >= 15 is 0 Å². The number of nitrogens with two attached hydrogens (primary N) is 1. The second-order valence-corrected chi connectivity index (χ2v) is 7.75. The Kier molecular flexibility index (Phi) is 4.70. The van der Waals surface area contributed by atoms with Gasteiger partial charge in [0, 0.05) is 18.5 Å². The van der Waals surface area contributed by atoms with Crippen molar-refractivity contribution in [1.82, 2.24) is 5.32 Å². The summed E-state index contributed by atoms with van der Waals surface area (Å²) in [6.07, 6.45) is 8.87. The maximum Gasteiger partial charge on any atom is 0.221 e. The average molecular weight is 301 g/mol. The zero-order valence-corrected chi connectivity index (χ0v) is 13.5. The quantitative estimate of drug-likeness (QED) is 0.839. The molecule has 116 valence electrons. The number of amides is 1. The summed E-state index contributed by atoms with van der Waals surface area (Å²) in [4.78, 5) is 12.0. The van der Waals surface area contributed by atoms with Crippen LogP contribution in [-0.2, 0) is 4.79 Å². The predicted molar refractivity (Wildman–Crippen MR) is 83.7 cm³/mol. The van der Waals surface area contributed by atoms with Crippen molar-refractivity contribution in [3.05, 3.63) is 0 Å². The molecular formula is C16H29ClN2O. The van der Waals surface area contributed by atoms with E-state index in [0.717, 1.165) is 17.8 Å². The number of hydrogen-bond donors (Lipinski definition) is 2. The van der Waals surface area contributed by atoms with Crippen LogP contribution in [0.3, 0.4) is 0 Å². The van der Waals surface area contributed by atoms with E-state index in [2.05, 4.69) is 12.2 Å². The number of nitrogens with one attached hydrogen (secondary N) is 1. The first-order valence-electron chi connectivity index (χ1n) is 8.02. The Balaban J connectivity index is 0.00000147. The van der Waals surface area contributed by atoms with E-state index in [1.54, 1.807) is 0 Å². The lowest BCUT2D eigenvalue weighted by Gasteiger charge is -2.59. The Morgan fingerprint density at radius 1 is 1.15 bits per heavy atom. The summed E-state index contributed by atoms with van der Waals surface area (Å²) in [5.41, 5.74) is 6.12. The molecule has 0 aromatic carbocycles. The Bertz CT molecular complexity index is 334. The highest BCUT2D eigenvalue weighted by Gasteiger charge is 2.53. The molecule has 4 heteroatoms. The molecule has 0 aliphatic heterocycles. The monoisotopic (exact) mass is 300 g/mol. The van der Waals surface area contributed by atoms with Crippen molar-refractivity contribution in [2.45, 2.75) is 70.9 Å². The highest BCUT2D eigenvalue weighted by atomic mass is 35.5. The van der Waals surface area contributed by atoms with E-state index in [0.29, 0.717) is 17.9 Å². The van der Waals surface area contributed by atoms with Gasteiger partial charge in [0.15, 0.2) is 0 Å². The van der Waals surface area contributed by atoms with Crippen molar-refractivity contribution in [2.24, 2.45) is 28.9 Å². The summed E-state index contributed by atoms with van der Waals surface area (Å²) in [5, 5.41) is 3.25. The minimum absolute atomic E-state index is 0. The molecule has 4 bridgehead atoms. The molecule has 4 aliphatic carbocycles. The molecule has 0 aromatic rings. The molecule has 4 fully saturated rings. The predicted octanol–water partition coefficient (Wildman–Crippen LogP) is 2.87. The number of carbonyl (C=O) groups excluding carboxylic acids is 1. The topological polar surface area (TPSA) is 55.1 Å². The summed E-state index contributed by atoms with van der Waals surface area (Å²) in [5.74, 6) is 2.97. The Morgan fingerprint density at radius 3 is 2.00 bits per heavy atom. The molecule has 2 unspecified atom stereocenters. The van der Waals surface area contributed by atoms with E-state index in [-0.39, 0.29) is 24.4 Å². The van der Waals surface area contributed by atoms with Crippen molar-refractivity contribution in [2.75, 3.05) is 0 Å². The lowest BCUT2D eigenvalue weighted by atomic mass is 9.48. The van der Waals surface area contributed by atoms with Crippen LogP contribution < -0.4 is 11.1 Å². The summed E-state index contributed by atoms with van der Waals surface area (Å²) < 4.78 is 0. The molecule has 0 spiro atoms. The van der Waals surface area contributed by atoms with Crippen LogP contribution in [0.4, 0.5) is 0 Å². The van der Waals surface area contributed by atoms with Gasteiger partial charge in [0.25, 0.3) is 0 Å². The minimum Gasteiger partial charge on any atom is -0.353 e. The Morgan fingerprint density at radius 2 is 1.60 bits per heavy atom. The van der Waals surface area contributed by atoms with Gasteiger partial charge in [-0.15, -0.1) is 12.4 Å². The third-order valence-electron chi connectivity index (χ3n) is 5.89. The molecule has 3 N–H and O–H groups in total. The van der Waals surface area contributed by atoms with E-state index in [1.807, 2.05) is 6.92 Å². The van der Waals surface area contributed by atoms with Crippen molar-refractivity contribution in [3.63, 3.8) is 0 Å². The summed E-state index contributed by atoms with van der Waals surface area (Å²) >= 11 is 0. The minimum atomic E-state index is -0.0384. The van der Waals surface area contributed by atoms with Crippen LogP contribution in [0, 0.1) is 23.2 Å². The fourth-order valence-electron chi connectivity index (χ4n) is 5.45. The SMILES string of the molecule is CC(N)CC(=O)NC(C)C12CC3CC(CC(C3)C1)C2.Cl. The number of halogens is 1. The van der Waals surface area contributed by atoms with Gasteiger partial charge in [-0.05, 0) is 75.5 Å². The second kappa shape index (κ2) is 5.84. The molecule has 1 amide bonds. The lowest BCUT2D eigenvalue weighted by Crippen LogP contribution is -2.56. The number of rotatable bonds is 4. The van der Waals surface area contributed by atoms with Crippen molar-refractivity contribution in [3.8, 4) is 0 Å². The molecule has 0 heterocycles. The van der Waals surface area contributed by atoms with Gasteiger partial charge in [-0.2, -0.15) is 0 Å². The van der Waals surface area contributed by atoms with Crippen LogP contribution in [0.15, 0.2) is 0 Å². The summed E-state index contributed by atoms with van der Waals surface area (Å²) in [7, 11) is 0. The van der Waals surface area contributed by atoms with Crippen molar-refractivity contribution < 1.29 is 4.79 Å². The van der Waals surface area contributed by atoms with Gasteiger partial charge in [0.05, 0.1) is 0 Å². The maximum atomic E-state index is 12.0. The molecule has 0 radical (unpaired) electrons. The summed E-state index contributed by atoms with van der Waals surface area (Å²) in [6, 6.07) is 0.288. The van der Waals surface area contributed by atoms with Crippen LogP contribution in [0.5, 0.6) is 0 Å². The number of carbonyl (C=O) groups is 1. The van der Waals surface area contributed by atoms with Crippen LogP contribution in [0.25, 0.3) is 0 Å². The normalized spacial score (nSPS) is 40.9. The highest BCUT2D eigenvalue weighted by molar-refractivity contribution is 5.85. The molecule has 4 saturated carbocycles. The fourth-order valence-corrected chi connectivity index (χ4v) is 5.45. The lowest BCUT2D eigenvalue weighted by molar-refractivity contribution is -0.126. The molecule has 0 saturated heterocycles. The third-order valence-corrected chi connectivity index (χ3v) is 5.89. The van der Waals surface area contributed by atoms with E-state index in [9.17, 15) is 4.79 Å². The first kappa shape index (κ1) is 16.1. The van der Waals surface area contributed by atoms with Crippen molar-refractivity contribution >= 4 is 18.3 Å². The van der Waals surface area contributed by atoms with Gasteiger partial charge in [-0.25, -0.2) is 0 Å². The van der Waals surface area contributed by atoms with Gasteiger partial charge in [0.1, 0.15) is 0 Å². The largest absolute Gasteiger partial charge is 0.353 e. The second-order valence-electron chi connectivity index (χ2n) is 7.75. The highest BCUT2D eigenvalue weighted by Crippen LogP contribution is 2.61. The molecule has 4 aliphatic rings. The third kappa shape index (κ3) is 2.99. The fraction of sp³-hybridized carbons (Fsp3) is 0.938. The smallest absolute Gasteiger partial charge is 0.221 e. The van der Waals surface area contributed by atoms with Gasteiger partial charge >= 0.3 is 0 Å². The van der Waals surface area contributed by atoms with Crippen LogP contribution in [0.1, 0.15) is 58.8 Å². The molecule has 3 nitrogen and oxygen atoms in total. The Hall–Kier alpha value is -0.280. The van der Waals surface area contributed by atoms with E-state index in [1.165, 1.54) is 38.5 Å². The zero-order chi connectivity index (χ0) is 13.6. The molecule has 20 heavy (non-hydrogen) atoms. The standard InChI is InChI=1S/C16H28N2O.ClH/c1-10(17)3-15(19)18-11(2)16-7-12-4-13(8-16)6-14(5-12)9-16;/h10-14H,3-9,17H2,1-2H3,(H,18,19);1H. The van der Waals surface area contributed by atoms with Gasteiger partial charge in [-0.3, -0.25) is 4.79 Å². The van der Waals surface area contributed by atoms with Crippen LogP contribution in [-0.4, -0.2) is 18.0 Å². The van der Waals surface area contributed by atoms with Gasteiger partial charge < -0.3 is 11.1 Å². The maximum absolute atomic E-state index is 12.0. The zero-order valence-electron chi connectivity index (χ0n) is 12.7. The first-order valence-corrected chi connectivity index (χ1v) is 8.02. The molecular weight excluding hydrogens is 272 g/mol. The summed E-state index contributed by atoms with van der Waals surface area (Å²) in [6.45, 7) is 4.13. The average Bonchev–Trinajstić information content (AvgIpc) is 2.25. The van der Waals surface area contributed by atoms with Crippen LogP contribution >= 0.6 is 12.4 Å². The Labute approximate surface area is 128 Å². The van der Waals surface area contributed by atoms with Gasteiger partial charge in [0.2, 0.25) is 5.91 Å². The van der Waals surface area contributed by atoms with Gasteiger partial charge in [-0.1, -0.05) is 0 Å². The van der Waals surface area contributed by atoms with Crippen molar-refractivity contribution in [1.29, 1.82) is 0 Å². The molecule has 4 rings (SSSR count). The number of hydrogen-bond acceptors (Lipinski definition) is 2.